The first-order valence-electron chi connectivity index (χ1n) is 7.11. The minimum Gasteiger partial charge on any atom is -0.304 e. The van der Waals surface area contributed by atoms with Crippen molar-refractivity contribution in [2.24, 2.45) is 0 Å². The largest absolute Gasteiger partial charge is 0.304 e. The Morgan fingerprint density at radius 2 is 2.05 bits per heavy atom. The molecule has 0 N–H and O–H groups in total. The molecule has 1 aliphatic heterocycles. The number of hydrogen-bond acceptors (Lipinski definition) is 3. The van der Waals surface area contributed by atoms with Crippen LogP contribution in [0.25, 0.3) is 0 Å². The third-order valence-electron chi connectivity index (χ3n) is 3.81. The summed E-state index contributed by atoms with van der Waals surface area (Å²) in [5.41, 5.74) is 2.22. The van der Waals surface area contributed by atoms with Gasteiger partial charge in [0.05, 0.1) is 0 Å². The van der Waals surface area contributed by atoms with Crippen LogP contribution in [-0.2, 0) is 13.0 Å². The summed E-state index contributed by atoms with van der Waals surface area (Å²) in [4.78, 5) is 26.1. The zero-order chi connectivity index (χ0) is 15.0. The molecular weight excluding hydrogens is 266 g/mol. The molecule has 3 rings (SSSR count). The van der Waals surface area contributed by atoms with Gasteiger partial charge >= 0.3 is 0 Å². The van der Waals surface area contributed by atoms with Gasteiger partial charge in [0.1, 0.15) is 5.69 Å². The Morgan fingerprint density at radius 3 is 2.81 bits per heavy atom. The van der Waals surface area contributed by atoms with E-state index in [1.807, 2.05) is 38.1 Å². The van der Waals surface area contributed by atoms with Crippen LogP contribution >= 0.6 is 0 Å². The lowest BCUT2D eigenvalue weighted by Crippen LogP contribution is -2.37. The van der Waals surface area contributed by atoms with Crippen LogP contribution in [0.15, 0.2) is 41.2 Å². The van der Waals surface area contributed by atoms with Crippen LogP contribution in [0, 0.1) is 0 Å². The lowest BCUT2D eigenvalue weighted by molar-refractivity contribution is 0.0974. The van der Waals surface area contributed by atoms with Gasteiger partial charge in [0.25, 0.3) is 11.5 Å². The molecule has 21 heavy (non-hydrogen) atoms. The number of rotatable bonds is 2. The number of carbonyl (C=O) groups is 1. The van der Waals surface area contributed by atoms with Gasteiger partial charge in [0, 0.05) is 24.3 Å². The van der Waals surface area contributed by atoms with E-state index >= 15 is 0 Å². The zero-order valence-electron chi connectivity index (χ0n) is 12.1. The van der Waals surface area contributed by atoms with Crippen LogP contribution in [0.2, 0.25) is 0 Å². The second kappa shape index (κ2) is 5.16. The fourth-order valence-corrected chi connectivity index (χ4v) is 2.79. The van der Waals surface area contributed by atoms with Gasteiger partial charge in [-0.25, -0.2) is 4.68 Å². The quantitative estimate of drug-likeness (QED) is 0.845. The van der Waals surface area contributed by atoms with Gasteiger partial charge in [-0.15, -0.1) is 0 Å². The van der Waals surface area contributed by atoms with Gasteiger partial charge in [-0.2, -0.15) is 5.10 Å². The summed E-state index contributed by atoms with van der Waals surface area (Å²) in [5.74, 6) is -0.158. The van der Waals surface area contributed by atoms with Gasteiger partial charge in [0.2, 0.25) is 0 Å². The molecule has 0 spiro atoms. The van der Waals surface area contributed by atoms with E-state index in [0.717, 1.165) is 12.1 Å². The van der Waals surface area contributed by atoms with E-state index in [4.69, 9.17) is 0 Å². The second-order valence-corrected chi connectivity index (χ2v) is 5.23. The highest BCUT2D eigenvalue weighted by Gasteiger charge is 2.32. The van der Waals surface area contributed by atoms with Crippen molar-refractivity contribution in [1.29, 1.82) is 0 Å². The van der Waals surface area contributed by atoms with Gasteiger partial charge < -0.3 is 4.90 Å². The molecule has 0 aliphatic carbocycles. The number of carbonyl (C=O) groups excluding carboxylic acids is 1. The fraction of sp³-hybridized carbons (Fsp3) is 0.312. The molecule has 108 valence electrons. The minimum atomic E-state index is -0.191. The normalized spacial score (nSPS) is 16.9. The Balaban J connectivity index is 2.01. The van der Waals surface area contributed by atoms with E-state index in [1.54, 1.807) is 4.90 Å². The lowest BCUT2D eigenvalue weighted by Gasteiger charge is -2.22. The van der Waals surface area contributed by atoms with Crippen LogP contribution in [0.4, 0.5) is 5.69 Å². The summed E-state index contributed by atoms with van der Waals surface area (Å²) in [6.07, 6.45) is 0.843. The lowest BCUT2D eigenvalue weighted by atomic mass is 10.1. The van der Waals surface area contributed by atoms with Crippen LogP contribution < -0.4 is 10.5 Å². The van der Waals surface area contributed by atoms with E-state index in [9.17, 15) is 9.59 Å². The highest BCUT2D eigenvalue weighted by atomic mass is 16.2. The maximum absolute atomic E-state index is 12.7. The van der Waals surface area contributed by atoms with Crippen molar-refractivity contribution in [2.75, 3.05) is 4.90 Å². The number of amides is 1. The second-order valence-electron chi connectivity index (χ2n) is 5.23. The van der Waals surface area contributed by atoms with Gasteiger partial charge in [-0.05, 0) is 38.0 Å². The molecule has 5 nitrogen and oxygen atoms in total. The van der Waals surface area contributed by atoms with Crippen molar-refractivity contribution in [2.45, 2.75) is 32.9 Å². The Kier molecular flexibility index (Phi) is 3.33. The molecule has 1 aromatic carbocycles. The standard InChI is InChI=1S/C16H17N3O2/c1-3-18-15(20)9-8-13(17-18)16(21)19-11(2)10-12-6-4-5-7-14(12)19/h4-9,11H,3,10H2,1-2H3/t11-/m1/s1. The molecule has 0 fully saturated rings. The van der Waals surface area contributed by atoms with Crippen LogP contribution in [-0.4, -0.2) is 21.7 Å². The van der Waals surface area contributed by atoms with Crippen LogP contribution in [0.1, 0.15) is 29.9 Å². The number of benzene rings is 1. The predicted octanol–water partition coefficient (Wildman–Crippen LogP) is 1.85. The number of aryl methyl sites for hydroxylation is 1. The number of fused-ring (bicyclic) bond motifs is 1. The summed E-state index contributed by atoms with van der Waals surface area (Å²) < 4.78 is 1.31. The number of anilines is 1. The topological polar surface area (TPSA) is 55.2 Å². The molecule has 0 saturated heterocycles. The van der Waals surface area contributed by atoms with Gasteiger partial charge in [-0.1, -0.05) is 18.2 Å². The molecule has 1 atom stereocenters. The number of nitrogens with zero attached hydrogens (tertiary/aromatic N) is 3. The number of para-hydroxylation sites is 1. The van der Waals surface area contributed by atoms with E-state index in [1.165, 1.54) is 22.4 Å². The molecule has 0 unspecified atom stereocenters. The molecular formula is C16H17N3O2. The average molecular weight is 283 g/mol. The van der Waals surface area contributed by atoms with Crippen LogP contribution in [0.3, 0.4) is 0 Å². The van der Waals surface area contributed by atoms with Crippen molar-refractivity contribution in [3.05, 3.63) is 58.0 Å². The molecule has 1 aliphatic rings. The summed E-state index contributed by atoms with van der Waals surface area (Å²) >= 11 is 0. The average Bonchev–Trinajstić information content (AvgIpc) is 2.82. The Labute approximate surface area is 122 Å². The fourth-order valence-electron chi connectivity index (χ4n) is 2.79. The zero-order valence-corrected chi connectivity index (χ0v) is 12.1. The summed E-state index contributed by atoms with van der Waals surface area (Å²) in [7, 11) is 0. The first-order chi connectivity index (χ1) is 10.1. The monoisotopic (exact) mass is 283 g/mol. The van der Waals surface area contributed by atoms with E-state index in [-0.39, 0.29) is 17.5 Å². The first-order valence-corrected chi connectivity index (χ1v) is 7.11. The van der Waals surface area contributed by atoms with Crippen molar-refractivity contribution < 1.29 is 4.79 Å². The molecule has 0 radical (unpaired) electrons. The maximum Gasteiger partial charge on any atom is 0.278 e. The molecule has 0 bridgehead atoms. The Hall–Kier alpha value is -2.43. The summed E-state index contributed by atoms with van der Waals surface area (Å²) in [5, 5.41) is 4.16. The smallest absolute Gasteiger partial charge is 0.278 e. The Morgan fingerprint density at radius 1 is 1.29 bits per heavy atom. The molecule has 1 aromatic heterocycles. The molecule has 5 heteroatoms. The molecule has 2 aromatic rings. The van der Waals surface area contributed by atoms with Crippen LogP contribution in [0.5, 0.6) is 0 Å². The van der Waals surface area contributed by atoms with E-state index in [0.29, 0.717) is 12.2 Å². The van der Waals surface area contributed by atoms with Gasteiger partial charge in [-0.3, -0.25) is 9.59 Å². The Bertz CT molecular complexity index is 751. The van der Waals surface area contributed by atoms with Crippen molar-refractivity contribution in [1.82, 2.24) is 9.78 Å². The van der Waals surface area contributed by atoms with Gasteiger partial charge in [0.15, 0.2) is 0 Å². The molecule has 0 saturated carbocycles. The first kappa shape index (κ1) is 13.5. The maximum atomic E-state index is 12.7. The van der Waals surface area contributed by atoms with Crippen molar-refractivity contribution in [3.63, 3.8) is 0 Å². The van der Waals surface area contributed by atoms with E-state index < -0.39 is 0 Å². The molecule has 2 heterocycles. The third kappa shape index (κ3) is 2.24. The number of hydrogen-bond donors (Lipinski definition) is 0. The molecule has 1 amide bonds. The predicted molar refractivity (Wildman–Crippen MR) is 80.6 cm³/mol. The highest BCUT2D eigenvalue weighted by Crippen LogP contribution is 2.32. The van der Waals surface area contributed by atoms with E-state index in [2.05, 4.69) is 5.10 Å². The minimum absolute atomic E-state index is 0.0960. The third-order valence-corrected chi connectivity index (χ3v) is 3.81. The van der Waals surface area contributed by atoms with Crippen molar-refractivity contribution in [3.8, 4) is 0 Å². The summed E-state index contributed by atoms with van der Waals surface area (Å²) in [6, 6.07) is 10.9. The van der Waals surface area contributed by atoms with Crippen molar-refractivity contribution >= 4 is 11.6 Å². The SMILES string of the molecule is CCn1nc(C(=O)N2c3ccccc3C[C@H]2C)ccc1=O. The summed E-state index contributed by atoms with van der Waals surface area (Å²) in [6.45, 7) is 4.30. The highest BCUT2D eigenvalue weighted by molar-refractivity contribution is 6.06. The number of aromatic nitrogens is 2.